The zero-order chi connectivity index (χ0) is 11.8. The Bertz CT molecular complexity index is 388. The van der Waals surface area contributed by atoms with E-state index in [1.165, 1.54) is 25.8 Å². The molecule has 3 unspecified atom stereocenters. The summed E-state index contributed by atoms with van der Waals surface area (Å²) in [5.41, 5.74) is 7.29. The van der Waals surface area contributed by atoms with E-state index in [0.717, 1.165) is 24.7 Å². The molecule has 0 spiro atoms. The van der Waals surface area contributed by atoms with Gasteiger partial charge in [0.15, 0.2) is 0 Å². The summed E-state index contributed by atoms with van der Waals surface area (Å²) in [6.07, 6.45) is 5.87. The molecule has 1 aliphatic carbocycles. The standard InChI is InChI=1S/C12H21N5/c1-16-6-10(14-15-16)7-17-5-9-3-2-4-12(13)11(9)8-17/h6,9,11-12H,2-5,7-8,13H2,1H3. The van der Waals surface area contributed by atoms with E-state index in [2.05, 4.69) is 15.2 Å². The molecular formula is C12H21N5. The number of nitrogens with two attached hydrogens (primary N) is 1. The van der Waals surface area contributed by atoms with Crippen LogP contribution in [0, 0.1) is 11.8 Å². The van der Waals surface area contributed by atoms with Crippen LogP contribution in [0.2, 0.25) is 0 Å². The summed E-state index contributed by atoms with van der Waals surface area (Å²) in [5, 5.41) is 8.14. The molecule has 1 saturated carbocycles. The van der Waals surface area contributed by atoms with E-state index in [-0.39, 0.29) is 0 Å². The van der Waals surface area contributed by atoms with Crippen molar-refractivity contribution < 1.29 is 0 Å². The summed E-state index contributed by atoms with van der Waals surface area (Å²) in [6.45, 7) is 3.25. The van der Waals surface area contributed by atoms with Gasteiger partial charge >= 0.3 is 0 Å². The third-order valence-electron chi connectivity index (χ3n) is 4.27. The molecule has 0 radical (unpaired) electrons. The number of rotatable bonds is 2. The van der Waals surface area contributed by atoms with E-state index in [1.54, 1.807) is 4.68 Å². The van der Waals surface area contributed by atoms with Gasteiger partial charge in [0.25, 0.3) is 0 Å². The number of fused-ring (bicyclic) bond motifs is 1. The van der Waals surface area contributed by atoms with E-state index in [0.29, 0.717) is 12.0 Å². The lowest BCUT2D eigenvalue weighted by atomic mass is 9.78. The quantitative estimate of drug-likeness (QED) is 0.805. The first-order chi connectivity index (χ1) is 8.22. The van der Waals surface area contributed by atoms with Crippen LogP contribution in [0.4, 0.5) is 0 Å². The highest BCUT2D eigenvalue weighted by molar-refractivity contribution is 4.97. The maximum absolute atomic E-state index is 6.22. The Morgan fingerprint density at radius 2 is 2.29 bits per heavy atom. The molecule has 5 nitrogen and oxygen atoms in total. The Morgan fingerprint density at radius 1 is 1.41 bits per heavy atom. The van der Waals surface area contributed by atoms with Gasteiger partial charge in [0.1, 0.15) is 0 Å². The summed E-state index contributed by atoms with van der Waals surface area (Å²) >= 11 is 0. The molecule has 5 heteroatoms. The number of nitrogens with zero attached hydrogens (tertiary/aromatic N) is 4. The first kappa shape index (κ1) is 11.2. The minimum absolute atomic E-state index is 0.417. The van der Waals surface area contributed by atoms with Gasteiger partial charge in [-0.15, -0.1) is 5.10 Å². The fourth-order valence-electron chi connectivity index (χ4n) is 3.43. The van der Waals surface area contributed by atoms with Crippen LogP contribution in [0.15, 0.2) is 6.20 Å². The minimum atomic E-state index is 0.417. The summed E-state index contributed by atoms with van der Waals surface area (Å²) in [7, 11) is 1.91. The minimum Gasteiger partial charge on any atom is -0.327 e. The van der Waals surface area contributed by atoms with Crippen LogP contribution < -0.4 is 5.73 Å². The highest BCUT2D eigenvalue weighted by Gasteiger charge is 2.38. The van der Waals surface area contributed by atoms with Crippen molar-refractivity contribution in [2.24, 2.45) is 24.6 Å². The van der Waals surface area contributed by atoms with Crippen LogP contribution in [0.3, 0.4) is 0 Å². The van der Waals surface area contributed by atoms with Crippen molar-refractivity contribution in [3.63, 3.8) is 0 Å². The van der Waals surface area contributed by atoms with E-state index < -0.39 is 0 Å². The molecule has 2 aliphatic rings. The number of hydrogen-bond donors (Lipinski definition) is 1. The average Bonchev–Trinajstić information content (AvgIpc) is 2.86. The third-order valence-corrected chi connectivity index (χ3v) is 4.27. The zero-order valence-electron chi connectivity index (χ0n) is 10.4. The fourth-order valence-corrected chi connectivity index (χ4v) is 3.43. The Labute approximate surface area is 102 Å². The van der Waals surface area contributed by atoms with Gasteiger partial charge in [-0.3, -0.25) is 9.58 Å². The summed E-state index contributed by atoms with van der Waals surface area (Å²) in [5.74, 6) is 1.52. The van der Waals surface area contributed by atoms with E-state index in [4.69, 9.17) is 5.73 Å². The van der Waals surface area contributed by atoms with Crippen LogP contribution in [0.25, 0.3) is 0 Å². The molecule has 0 amide bonds. The molecule has 3 rings (SSSR count). The molecular weight excluding hydrogens is 214 g/mol. The van der Waals surface area contributed by atoms with E-state index in [9.17, 15) is 0 Å². The van der Waals surface area contributed by atoms with Gasteiger partial charge in [0, 0.05) is 38.9 Å². The molecule has 3 atom stereocenters. The molecule has 0 bridgehead atoms. The van der Waals surface area contributed by atoms with Crippen molar-refractivity contribution in [3.05, 3.63) is 11.9 Å². The second kappa shape index (κ2) is 4.38. The van der Waals surface area contributed by atoms with Crippen molar-refractivity contribution in [2.75, 3.05) is 13.1 Å². The van der Waals surface area contributed by atoms with Crippen molar-refractivity contribution in [3.8, 4) is 0 Å². The third kappa shape index (κ3) is 2.21. The smallest absolute Gasteiger partial charge is 0.0967 e. The Morgan fingerprint density at radius 3 is 3.00 bits per heavy atom. The first-order valence-corrected chi connectivity index (χ1v) is 6.55. The van der Waals surface area contributed by atoms with Gasteiger partial charge in [0.2, 0.25) is 0 Å². The molecule has 2 N–H and O–H groups in total. The number of aryl methyl sites for hydroxylation is 1. The Hall–Kier alpha value is -0.940. The average molecular weight is 235 g/mol. The summed E-state index contributed by atoms with van der Waals surface area (Å²) in [4.78, 5) is 2.49. The van der Waals surface area contributed by atoms with Gasteiger partial charge in [-0.1, -0.05) is 11.6 Å². The SMILES string of the molecule is Cn1cc(CN2CC3CCCC(N)C3C2)nn1. The Balaban J connectivity index is 1.63. The van der Waals surface area contributed by atoms with Gasteiger partial charge in [-0.25, -0.2) is 0 Å². The number of aromatic nitrogens is 3. The monoisotopic (exact) mass is 235 g/mol. The van der Waals surface area contributed by atoms with Crippen LogP contribution in [-0.2, 0) is 13.6 Å². The first-order valence-electron chi connectivity index (χ1n) is 6.55. The molecule has 1 saturated heterocycles. The van der Waals surface area contributed by atoms with Crippen LogP contribution in [0.1, 0.15) is 25.0 Å². The molecule has 1 aromatic rings. The zero-order valence-corrected chi connectivity index (χ0v) is 10.4. The van der Waals surface area contributed by atoms with Crippen LogP contribution in [-0.4, -0.2) is 39.0 Å². The van der Waals surface area contributed by atoms with Gasteiger partial charge in [0.05, 0.1) is 5.69 Å². The highest BCUT2D eigenvalue weighted by atomic mass is 15.4. The maximum Gasteiger partial charge on any atom is 0.0967 e. The van der Waals surface area contributed by atoms with Gasteiger partial charge < -0.3 is 5.73 Å². The lowest BCUT2D eigenvalue weighted by molar-refractivity contribution is 0.259. The normalized spacial score (nSPS) is 33.9. The second-order valence-corrected chi connectivity index (χ2v) is 5.60. The van der Waals surface area contributed by atoms with E-state index >= 15 is 0 Å². The maximum atomic E-state index is 6.22. The van der Waals surface area contributed by atoms with Crippen molar-refractivity contribution in [1.82, 2.24) is 19.9 Å². The van der Waals surface area contributed by atoms with Crippen LogP contribution >= 0.6 is 0 Å². The predicted octanol–water partition coefficient (Wildman–Crippen LogP) is 0.374. The van der Waals surface area contributed by atoms with Crippen molar-refractivity contribution >= 4 is 0 Å². The Kier molecular flexibility index (Phi) is 2.88. The second-order valence-electron chi connectivity index (χ2n) is 5.60. The molecule has 0 aromatic carbocycles. The van der Waals surface area contributed by atoms with Gasteiger partial charge in [-0.05, 0) is 24.7 Å². The topological polar surface area (TPSA) is 60.0 Å². The van der Waals surface area contributed by atoms with E-state index in [1.807, 2.05) is 13.2 Å². The lowest BCUT2D eigenvalue weighted by Gasteiger charge is -2.29. The summed E-state index contributed by atoms with van der Waals surface area (Å²) in [6, 6.07) is 0.417. The van der Waals surface area contributed by atoms with Gasteiger partial charge in [-0.2, -0.15) is 0 Å². The molecule has 1 aliphatic heterocycles. The number of likely N-dealkylation sites (tertiary alicyclic amines) is 1. The predicted molar refractivity (Wildman–Crippen MR) is 65.1 cm³/mol. The number of hydrogen-bond acceptors (Lipinski definition) is 4. The fraction of sp³-hybridized carbons (Fsp3) is 0.833. The van der Waals surface area contributed by atoms with Crippen LogP contribution in [0.5, 0.6) is 0 Å². The van der Waals surface area contributed by atoms with Crippen molar-refractivity contribution in [1.29, 1.82) is 0 Å². The molecule has 17 heavy (non-hydrogen) atoms. The molecule has 2 fully saturated rings. The largest absolute Gasteiger partial charge is 0.327 e. The molecule has 94 valence electrons. The lowest BCUT2D eigenvalue weighted by Crippen LogP contribution is -2.38. The summed E-state index contributed by atoms with van der Waals surface area (Å²) < 4.78 is 1.77. The van der Waals surface area contributed by atoms with Crippen molar-refractivity contribution in [2.45, 2.75) is 31.8 Å². The highest BCUT2D eigenvalue weighted by Crippen LogP contribution is 2.35. The molecule has 1 aromatic heterocycles. The molecule has 2 heterocycles.